The molecule has 0 amide bonds. The summed E-state index contributed by atoms with van der Waals surface area (Å²) in [6, 6.07) is 5.78. The van der Waals surface area contributed by atoms with E-state index in [4.69, 9.17) is 4.42 Å². The van der Waals surface area contributed by atoms with E-state index >= 15 is 0 Å². The van der Waals surface area contributed by atoms with E-state index in [0.29, 0.717) is 5.89 Å². The molecule has 0 saturated heterocycles. The van der Waals surface area contributed by atoms with Gasteiger partial charge in [-0.2, -0.15) is 0 Å². The minimum absolute atomic E-state index is 0.701. The van der Waals surface area contributed by atoms with Crippen LogP contribution in [-0.4, -0.2) is 4.98 Å². The topological polar surface area (TPSA) is 26.0 Å². The van der Waals surface area contributed by atoms with Crippen molar-refractivity contribution >= 4 is 27.0 Å². The van der Waals surface area contributed by atoms with Crippen molar-refractivity contribution in [1.29, 1.82) is 0 Å². The van der Waals surface area contributed by atoms with Gasteiger partial charge in [0.05, 0.1) is 0 Å². The van der Waals surface area contributed by atoms with Crippen LogP contribution in [0.2, 0.25) is 0 Å². The molecule has 0 radical (unpaired) electrons. The number of para-hydroxylation sites is 1. The second-order valence-corrected chi connectivity index (χ2v) is 3.17. The number of aromatic nitrogens is 1. The second kappa shape index (κ2) is 2.34. The largest absolute Gasteiger partial charge is 0.441 e. The zero-order valence-corrected chi connectivity index (χ0v) is 7.55. The molecule has 0 aliphatic carbocycles. The van der Waals surface area contributed by atoms with E-state index in [-0.39, 0.29) is 0 Å². The third kappa shape index (κ3) is 1.05. The second-order valence-electron chi connectivity index (χ2n) is 2.32. The highest BCUT2D eigenvalue weighted by atomic mass is 79.9. The van der Waals surface area contributed by atoms with Crippen molar-refractivity contribution in [3.63, 3.8) is 0 Å². The standard InChI is InChI=1S/C8H6BrNO/c1-5-10-8-6(9)3-2-4-7(8)11-5/h2-4H,1H3. The highest BCUT2D eigenvalue weighted by Crippen LogP contribution is 2.23. The van der Waals surface area contributed by atoms with Crippen LogP contribution in [0.15, 0.2) is 27.1 Å². The Morgan fingerprint density at radius 3 is 3.00 bits per heavy atom. The van der Waals surface area contributed by atoms with Gasteiger partial charge in [0.1, 0.15) is 5.52 Å². The van der Waals surface area contributed by atoms with Gasteiger partial charge in [-0.25, -0.2) is 4.98 Å². The molecule has 1 aromatic carbocycles. The molecular weight excluding hydrogens is 206 g/mol. The van der Waals surface area contributed by atoms with Gasteiger partial charge in [0.2, 0.25) is 0 Å². The molecular formula is C8H6BrNO. The SMILES string of the molecule is Cc1nc2c(Br)cccc2o1. The van der Waals surface area contributed by atoms with Gasteiger partial charge >= 0.3 is 0 Å². The number of aryl methyl sites for hydroxylation is 1. The third-order valence-electron chi connectivity index (χ3n) is 1.48. The van der Waals surface area contributed by atoms with Crippen molar-refractivity contribution < 1.29 is 4.42 Å². The van der Waals surface area contributed by atoms with Gasteiger partial charge in [-0.15, -0.1) is 0 Å². The quantitative estimate of drug-likeness (QED) is 0.670. The summed E-state index contributed by atoms with van der Waals surface area (Å²) >= 11 is 3.39. The fraction of sp³-hybridized carbons (Fsp3) is 0.125. The van der Waals surface area contributed by atoms with Crippen molar-refractivity contribution in [1.82, 2.24) is 4.98 Å². The lowest BCUT2D eigenvalue weighted by atomic mass is 10.3. The Hall–Kier alpha value is -0.830. The van der Waals surface area contributed by atoms with Crippen LogP contribution in [0.25, 0.3) is 11.1 Å². The fourth-order valence-electron chi connectivity index (χ4n) is 1.03. The Morgan fingerprint density at radius 2 is 2.27 bits per heavy atom. The summed E-state index contributed by atoms with van der Waals surface area (Å²) in [5.41, 5.74) is 1.72. The maximum Gasteiger partial charge on any atom is 0.192 e. The van der Waals surface area contributed by atoms with Gasteiger partial charge < -0.3 is 4.42 Å². The van der Waals surface area contributed by atoms with Crippen molar-refractivity contribution in [2.75, 3.05) is 0 Å². The molecule has 0 unspecified atom stereocenters. The lowest BCUT2D eigenvalue weighted by Crippen LogP contribution is -1.69. The van der Waals surface area contributed by atoms with Crippen molar-refractivity contribution in [3.05, 3.63) is 28.6 Å². The summed E-state index contributed by atoms with van der Waals surface area (Å²) in [5, 5.41) is 0. The number of oxazole rings is 1. The molecule has 56 valence electrons. The minimum Gasteiger partial charge on any atom is -0.441 e. The number of fused-ring (bicyclic) bond motifs is 1. The summed E-state index contributed by atoms with van der Waals surface area (Å²) < 4.78 is 6.29. The fourth-order valence-corrected chi connectivity index (χ4v) is 1.46. The molecule has 0 aliphatic rings. The number of hydrogen-bond acceptors (Lipinski definition) is 2. The maximum atomic E-state index is 5.31. The normalized spacial score (nSPS) is 10.7. The molecule has 0 bridgehead atoms. The van der Waals surface area contributed by atoms with E-state index in [1.807, 2.05) is 25.1 Å². The molecule has 3 heteroatoms. The summed E-state index contributed by atoms with van der Waals surface area (Å²) in [7, 11) is 0. The third-order valence-corrected chi connectivity index (χ3v) is 2.12. The van der Waals surface area contributed by atoms with Gasteiger partial charge in [0, 0.05) is 11.4 Å². The number of benzene rings is 1. The zero-order chi connectivity index (χ0) is 7.84. The van der Waals surface area contributed by atoms with E-state index in [0.717, 1.165) is 15.6 Å². The number of hydrogen-bond donors (Lipinski definition) is 0. The van der Waals surface area contributed by atoms with Gasteiger partial charge in [-0.3, -0.25) is 0 Å². The lowest BCUT2D eigenvalue weighted by molar-refractivity contribution is 0.561. The van der Waals surface area contributed by atoms with Crippen LogP contribution in [0.4, 0.5) is 0 Å². The van der Waals surface area contributed by atoms with Crippen LogP contribution in [0.3, 0.4) is 0 Å². The molecule has 2 nitrogen and oxygen atoms in total. The summed E-state index contributed by atoms with van der Waals surface area (Å²) in [6.45, 7) is 1.84. The van der Waals surface area contributed by atoms with Crippen LogP contribution in [-0.2, 0) is 0 Å². The van der Waals surface area contributed by atoms with E-state index in [9.17, 15) is 0 Å². The molecule has 0 fully saturated rings. The van der Waals surface area contributed by atoms with Gasteiger partial charge in [0.15, 0.2) is 11.5 Å². The van der Waals surface area contributed by atoms with Crippen molar-refractivity contribution in [2.24, 2.45) is 0 Å². The van der Waals surface area contributed by atoms with Crippen LogP contribution in [0.1, 0.15) is 5.89 Å². The summed E-state index contributed by atoms with van der Waals surface area (Å²) in [4.78, 5) is 4.20. The Kier molecular flexibility index (Phi) is 1.46. The molecule has 0 spiro atoms. The van der Waals surface area contributed by atoms with E-state index in [1.54, 1.807) is 0 Å². The van der Waals surface area contributed by atoms with Crippen molar-refractivity contribution in [2.45, 2.75) is 6.92 Å². The Bertz CT molecular complexity index is 394. The Morgan fingerprint density at radius 1 is 1.45 bits per heavy atom. The van der Waals surface area contributed by atoms with Crippen LogP contribution in [0, 0.1) is 6.92 Å². The maximum absolute atomic E-state index is 5.31. The monoisotopic (exact) mass is 211 g/mol. The molecule has 11 heavy (non-hydrogen) atoms. The number of rotatable bonds is 0. The molecule has 0 saturated carbocycles. The lowest BCUT2D eigenvalue weighted by Gasteiger charge is -1.86. The first kappa shape index (κ1) is 6.85. The molecule has 2 aromatic rings. The van der Waals surface area contributed by atoms with Crippen molar-refractivity contribution in [3.8, 4) is 0 Å². The first-order valence-corrected chi connectivity index (χ1v) is 4.08. The number of halogens is 1. The molecule has 0 N–H and O–H groups in total. The van der Waals surface area contributed by atoms with Gasteiger partial charge in [-0.05, 0) is 28.1 Å². The average molecular weight is 212 g/mol. The highest BCUT2D eigenvalue weighted by molar-refractivity contribution is 9.10. The molecule has 0 atom stereocenters. The first-order chi connectivity index (χ1) is 5.27. The van der Waals surface area contributed by atoms with Crippen LogP contribution < -0.4 is 0 Å². The smallest absolute Gasteiger partial charge is 0.192 e. The number of nitrogens with zero attached hydrogens (tertiary/aromatic N) is 1. The first-order valence-electron chi connectivity index (χ1n) is 3.29. The molecule has 1 aromatic heterocycles. The van der Waals surface area contributed by atoms with E-state index in [1.165, 1.54) is 0 Å². The summed E-state index contributed by atoms with van der Waals surface area (Å²) in [5.74, 6) is 0.701. The summed E-state index contributed by atoms with van der Waals surface area (Å²) in [6.07, 6.45) is 0. The van der Waals surface area contributed by atoms with Gasteiger partial charge in [-0.1, -0.05) is 6.07 Å². The molecule has 2 rings (SSSR count). The van der Waals surface area contributed by atoms with Crippen LogP contribution in [0.5, 0.6) is 0 Å². The van der Waals surface area contributed by atoms with Gasteiger partial charge in [0.25, 0.3) is 0 Å². The minimum atomic E-state index is 0.701. The van der Waals surface area contributed by atoms with E-state index < -0.39 is 0 Å². The van der Waals surface area contributed by atoms with E-state index in [2.05, 4.69) is 20.9 Å². The Labute approximate surface area is 72.4 Å². The predicted molar refractivity (Wildman–Crippen MR) is 46.4 cm³/mol. The molecule has 0 aliphatic heterocycles. The average Bonchev–Trinajstić information content (AvgIpc) is 2.31. The predicted octanol–water partition coefficient (Wildman–Crippen LogP) is 2.90. The van der Waals surface area contributed by atoms with Crippen LogP contribution >= 0.6 is 15.9 Å². The zero-order valence-electron chi connectivity index (χ0n) is 5.97. The molecule has 1 heterocycles. The Balaban J connectivity index is 2.90. The highest BCUT2D eigenvalue weighted by Gasteiger charge is 2.03.